The van der Waals surface area contributed by atoms with Gasteiger partial charge in [-0.2, -0.15) is 0 Å². The normalized spacial score (nSPS) is 11.7. The summed E-state index contributed by atoms with van der Waals surface area (Å²) >= 11 is 0. The monoisotopic (exact) mass is 268 g/mol. The minimum atomic E-state index is -3.12. The number of carbonyl (C=O) groups excluding carboxylic acids is 1. The first-order valence-corrected chi connectivity index (χ1v) is 7.19. The highest BCUT2D eigenvalue weighted by Gasteiger charge is 2.11. The van der Waals surface area contributed by atoms with Gasteiger partial charge in [0.1, 0.15) is 5.65 Å². The highest BCUT2D eigenvalue weighted by molar-refractivity contribution is 7.89. The molecule has 0 bridgehead atoms. The van der Waals surface area contributed by atoms with Crippen LogP contribution in [0.3, 0.4) is 0 Å². The highest BCUT2D eigenvalue weighted by atomic mass is 32.2. The van der Waals surface area contributed by atoms with Crippen molar-refractivity contribution < 1.29 is 17.9 Å². The van der Waals surface area contributed by atoms with E-state index in [1.54, 1.807) is 28.9 Å². The third kappa shape index (κ3) is 2.67. The van der Waals surface area contributed by atoms with Crippen LogP contribution in [0.5, 0.6) is 0 Å². The minimum Gasteiger partial charge on any atom is -0.465 e. The van der Waals surface area contributed by atoms with Crippen LogP contribution in [0, 0.1) is 0 Å². The molecule has 2 aromatic heterocycles. The summed E-state index contributed by atoms with van der Waals surface area (Å²) in [5.41, 5.74) is 1.33. The Hall–Kier alpha value is -1.89. The summed E-state index contributed by atoms with van der Waals surface area (Å²) in [6, 6.07) is 3.14. The zero-order chi connectivity index (χ0) is 13.3. The molecule has 0 fully saturated rings. The van der Waals surface area contributed by atoms with Crippen LogP contribution in [0.4, 0.5) is 0 Å². The molecule has 2 rings (SSSR count). The van der Waals surface area contributed by atoms with Gasteiger partial charge in [0.2, 0.25) is 0 Å². The number of hydrogen-bond donors (Lipinski definition) is 0. The van der Waals surface area contributed by atoms with Crippen LogP contribution < -0.4 is 0 Å². The number of rotatable bonds is 3. The maximum atomic E-state index is 11.3. The van der Waals surface area contributed by atoms with Gasteiger partial charge in [-0.15, -0.1) is 0 Å². The minimum absolute atomic E-state index is 0.123. The molecule has 0 radical (unpaired) electrons. The van der Waals surface area contributed by atoms with Gasteiger partial charge in [0, 0.05) is 18.6 Å². The van der Waals surface area contributed by atoms with Gasteiger partial charge in [-0.05, 0) is 12.1 Å². The summed E-state index contributed by atoms with van der Waals surface area (Å²) in [5.74, 6) is -0.576. The first-order valence-electron chi connectivity index (χ1n) is 5.13. The van der Waals surface area contributed by atoms with Gasteiger partial charge in [-0.1, -0.05) is 0 Å². The molecule has 0 aliphatic rings. The molecule has 0 N–H and O–H groups in total. The Morgan fingerprint density at radius 1 is 1.50 bits per heavy atom. The van der Waals surface area contributed by atoms with Crippen LogP contribution >= 0.6 is 0 Å². The number of pyridine rings is 1. The molecule has 0 aliphatic heterocycles. The van der Waals surface area contributed by atoms with E-state index in [2.05, 4.69) is 9.72 Å². The average Bonchev–Trinajstić information content (AvgIpc) is 2.66. The molecule has 7 heteroatoms. The van der Waals surface area contributed by atoms with Gasteiger partial charge < -0.3 is 9.14 Å². The number of sulfone groups is 1. The fourth-order valence-corrected chi connectivity index (χ4v) is 2.29. The SMILES string of the molecule is COC(=O)c1ccn2cc(CS(C)(=O)=O)nc2c1. The van der Waals surface area contributed by atoms with Crippen molar-refractivity contribution in [2.45, 2.75) is 5.75 Å². The second-order valence-corrected chi connectivity index (χ2v) is 6.11. The molecule has 6 nitrogen and oxygen atoms in total. The van der Waals surface area contributed by atoms with E-state index in [4.69, 9.17) is 0 Å². The zero-order valence-electron chi connectivity index (χ0n) is 9.95. The Labute approximate surface area is 104 Å². The third-order valence-corrected chi connectivity index (χ3v) is 3.16. The molecular formula is C11H12N2O4S. The zero-order valence-corrected chi connectivity index (χ0v) is 10.8. The highest BCUT2D eigenvalue weighted by Crippen LogP contribution is 2.11. The molecule has 2 heterocycles. The molecule has 0 unspecified atom stereocenters. The van der Waals surface area contributed by atoms with E-state index in [0.29, 0.717) is 16.9 Å². The van der Waals surface area contributed by atoms with Crippen molar-refractivity contribution in [1.82, 2.24) is 9.38 Å². The van der Waals surface area contributed by atoms with Gasteiger partial charge in [0.25, 0.3) is 0 Å². The number of ether oxygens (including phenoxy) is 1. The van der Waals surface area contributed by atoms with Gasteiger partial charge >= 0.3 is 5.97 Å². The molecule has 0 saturated carbocycles. The first kappa shape index (κ1) is 12.6. The Balaban J connectivity index is 2.43. The van der Waals surface area contributed by atoms with Gasteiger partial charge in [0.05, 0.1) is 24.1 Å². The molecule has 2 aromatic rings. The fraction of sp³-hybridized carbons (Fsp3) is 0.273. The second kappa shape index (κ2) is 4.41. The van der Waals surface area contributed by atoms with Crippen molar-refractivity contribution in [3.05, 3.63) is 35.8 Å². The number of methoxy groups -OCH3 is 1. The summed E-state index contributed by atoms with van der Waals surface area (Å²) in [6.45, 7) is 0. The lowest BCUT2D eigenvalue weighted by Gasteiger charge is -1.98. The van der Waals surface area contributed by atoms with Crippen molar-refractivity contribution in [3.63, 3.8) is 0 Å². The molecule has 0 aromatic carbocycles. The van der Waals surface area contributed by atoms with Crippen LogP contribution in [0.15, 0.2) is 24.5 Å². The number of esters is 1. The molecule has 0 atom stereocenters. The summed E-state index contributed by atoms with van der Waals surface area (Å²) in [4.78, 5) is 15.5. The van der Waals surface area contributed by atoms with Crippen molar-refractivity contribution in [1.29, 1.82) is 0 Å². The molecule has 0 spiro atoms. The second-order valence-electron chi connectivity index (χ2n) is 3.97. The number of nitrogens with zero attached hydrogens (tertiary/aromatic N) is 2. The number of fused-ring (bicyclic) bond motifs is 1. The average molecular weight is 268 g/mol. The molecule has 0 amide bonds. The molecular weight excluding hydrogens is 256 g/mol. The van der Waals surface area contributed by atoms with E-state index in [9.17, 15) is 13.2 Å². The number of carbonyl (C=O) groups is 1. The van der Waals surface area contributed by atoms with Gasteiger partial charge in [-0.3, -0.25) is 0 Å². The quantitative estimate of drug-likeness (QED) is 0.764. The van der Waals surface area contributed by atoms with Crippen LogP contribution in [0.1, 0.15) is 16.1 Å². The van der Waals surface area contributed by atoms with E-state index in [1.165, 1.54) is 7.11 Å². The fourth-order valence-electron chi connectivity index (χ4n) is 1.62. The van der Waals surface area contributed by atoms with Crippen LogP contribution in [-0.2, 0) is 20.3 Å². The maximum absolute atomic E-state index is 11.3. The Bertz CT molecular complexity index is 703. The van der Waals surface area contributed by atoms with Crippen LogP contribution in [0.2, 0.25) is 0 Å². The van der Waals surface area contributed by atoms with E-state index in [-0.39, 0.29) is 5.75 Å². The largest absolute Gasteiger partial charge is 0.465 e. The molecule has 0 saturated heterocycles. The number of imidazole rings is 1. The van der Waals surface area contributed by atoms with Gasteiger partial charge in [0.15, 0.2) is 9.84 Å². The molecule has 96 valence electrons. The summed E-state index contributed by atoms with van der Waals surface area (Å²) in [5, 5.41) is 0. The summed E-state index contributed by atoms with van der Waals surface area (Å²) in [7, 11) is -1.82. The molecule has 18 heavy (non-hydrogen) atoms. The topological polar surface area (TPSA) is 77.7 Å². The predicted octanol–water partition coefficient (Wildman–Crippen LogP) is 0.665. The third-order valence-electron chi connectivity index (χ3n) is 2.34. The van der Waals surface area contributed by atoms with Gasteiger partial charge in [-0.25, -0.2) is 18.2 Å². The summed E-state index contributed by atoms with van der Waals surface area (Å²) < 4.78 is 28.6. The Morgan fingerprint density at radius 3 is 2.83 bits per heavy atom. The van der Waals surface area contributed by atoms with Crippen molar-refractivity contribution in [3.8, 4) is 0 Å². The van der Waals surface area contributed by atoms with E-state index in [1.807, 2.05) is 0 Å². The van der Waals surface area contributed by atoms with Crippen molar-refractivity contribution in [2.24, 2.45) is 0 Å². The Morgan fingerprint density at radius 2 is 2.22 bits per heavy atom. The van der Waals surface area contributed by atoms with E-state index < -0.39 is 15.8 Å². The lowest BCUT2D eigenvalue weighted by Crippen LogP contribution is -2.01. The first-order chi connectivity index (χ1) is 8.39. The smallest absolute Gasteiger partial charge is 0.338 e. The lowest BCUT2D eigenvalue weighted by molar-refractivity contribution is 0.0600. The summed E-state index contributed by atoms with van der Waals surface area (Å²) in [6.07, 6.45) is 4.41. The predicted molar refractivity (Wildman–Crippen MR) is 65.1 cm³/mol. The molecule has 0 aliphatic carbocycles. The lowest BCUT2D eigenvalue weighted by atomic mass is 10.3. The van der Waals surface area contributed by atoms with E-state index >= 15 is 0 Å². The van der Waals surface area contributed by atoms with Crippen molar-refractivity contribution in [2.75, 3.05) is 13.4 Å². The number of aromatic nitrogens is 2. The van der Waals surface area contributed by atoms with E-state index in [0.717, 1.165) is 6.26 Å². The van der Waals surface area contributed by atoms with Crippen LogP contribution in [-0.4, -0.2) is 37.1 Å². The number of hydrogen-bond acceptors (Lipinski definition) is 5. The Kier molecular flexibility index (Phi) is 3.08. The standard InChI is InChI=1S/C11H12N2O4S/c1-17-11(14)8-3-4-13-6-9(7-18(2,15)16)12-10(13)5-8/h3-6H,7H2,1-2H3. The maximum Gasteiger partial charge on any atom is 0.338 e. The van der Waals surface area contributed by atoms with Crippen molar-refractivity contribution >= 4 is 21.5 Å². The van der Waals surface area contributed by atoms with Crippen LogP contribution in [0.25, 0.3) is 5.65 Å².